The molecule has 1 aromatic rings. The molecule has 1 aromatic carbocycles. The first kappa shape index (κ1) is 17.7. The van der Waals surface area contributed by atoms with Gasteiger partial charge in [0.25, 0.3) is 0 Å². The predicted octanol–water partition coefficient (Wildman–Crippen LogP) is 3.15. The summed E-state index contributed by atoms with van der Waals surface area (Å²) >= 11 is 5.69. The van der Waals surface area contributed by atoms with E-state index in [0.29, 0.717) is 19.5 Å². The van der Waals surface area contributed by atoms with Crippen LogP contribution in [0.2, 0.25) is 0 Å². The van der Waals surface area contributed by atoms with Gasteiger partial charge in [-0.2, -0.15) is 0 Å². The molecule has 0 bridgehead atoms. The van der Waals surface area contributed by atoms with Crippen molar-refractivity contribution in [2.75, 3.05) is 19.3 Å². The molecule has 2 rings (SSSR count). The number of nitrogens with zero attached hydrogens (tertiary/aromatic N) is 1. The van der Waals surface area contributed by atoms with E-state index in [2.05, 4.69) is 38.5 Å². The van der Waals surface area contributed by atoms with Crippen LogP contribution in [0.15, 0.2) is 22.7 Å². The lowest BCUT2D eigenvalue weighted by atomic mass is 9.91. The van der Waals surface area contributed by atoms with Crippen LogP contribution in [0.25, 0.3) is 0 Å². The van der Waals surface area contributed by atoms with Crippen molar-refractivity contribution in [3.63, 3.8) is 0 Å². The van der Waals surface area contributed by atoms with Gasteiger partial charge in [0.15, 0.2) is 0 Å². The van der Waals surface area contributed by atoms with E-state index >= 15 is 0 Å². The van der Waals surface area contributed by atoms with Crippen LogP contribution in [0.3, 0.4) is 0 Å². The topological polar surface area (TPSA) is 57.6 Å². The first-order chi connectivity index (χ1) is 9.77. The van der Waals surface area contributed by atoms with E-state index in [1.54, 1.807) is 0 Å². The summed E-state index contributed by atoms with van der Waals surface area (Å²) in [7, 11) is -3.13. The average molecular weight is 488 g/mol. The van der Waals surface area contributed by atoms with Crippen LogP contribution in [0.5, 0.6) is 0 Å². The van der Waals surface area contributed by atoms with Gasteiger partial charge in [0.1, 0.15) is 0 Å². The molecule has 0 saturated carbocycles. The van der Waals surface area contributed by atoms with Crippen molar-refractivity contribution < 1.29 is 13.5 Å². The molecule has 1 saturated heterocycles. The molecular weight excluding hydrogens is 469 g/mol. The van der Waals surface area contributed by atoms with Crippen molar-refractivity contribution >= 4 is 48.5 Å². The molecule has 2 atom stereocenters. The van der Waals surface area contributed by atoms with Gasteiger partial charge < -0.3 is 5.11 Å². The quantitative estimate of drug-likeness (QED) is 0.663. The van der Waals surface area contributed by atoms with Crippen molar-refractivity contribution in [3.8, 4) is 0 Å². The van der Waals surface area contributed by atoms with Gasteiger partial charge >= 0.3 is 0 Å². The molecule has 4 nitrogen and oxygen atoms in total. The fourth-order valence-corrected chi connectivity index (χ4v) is 4.70. The lowest BCUT2D eigenvalue weighted by molar-refractivity contribution is 0.122. The van der Waals surface area contributed by atoms with E-state index in [1.165, 1.54) is 10.6 Å². The summed E-state index contributed by atoms with van der Waals surface area (Å²) in [4.78, 5) is 0. The van der Waals surface area contributed by atoms with E-state index in [4.69, 9.17) is 0 Å². The number of halogens is 2. The van der Waals surface area contributed by atoms with E-state index in [-0.39, 0.29) is 5.92 Å². The van der Waals surface area contributed by atoms with Crippen LogP contribution in [0.1, 0.15) is 30.9 Å². The zero-order valence-electron chi connectivity index (χ0n) is 11.8. The van der Waals surface area contributed by atoms with Gasteiger partial charge in [0.05, 0.1) is 12.4 Å². The monoisotopic (exact) mass is 487 g/mol. The largest absolute Gasteiger partial charge is 0.388 e. The predicted molar refractivity (Wildman–Crippen MR) is 95.6 cm³/mol. The fraction of sp³-hybridized carbons (Fsp3) is 0.571. The second kappa shape index (κ2) is 7.25. The smallest absolute Gasteiger partial charge is 0.211 e. The van der Waals surface area contributed by atoms with Gasteiger partial charge in [0.2, 0.25) is 10.0 Å². The Balaban J connectivity index is 2.05. The average Bonchev–Trinajstić information content (AvgIpc) is 2.41. The van der Waals surface area contributed by atoms with E-state index in [1.807, 2.05) is 18.2 Å². The Bertz CT molecular complexity index is 608. The van der Waals surface area contributed by atoms with Crippen LogP contribution in [0.4, 0.5) is 0 Å². The Kier molecular flexibility index (Phi) is 6.09. The maximum absolute atomic E-state index is 11.6. The number of aliphatic hydroxyl groups excluding tert-OH is 1. The number of benzene rings is 1. The van der Waals surface area contributed by atoms with Gasteiger partial charge in [-0.15, -0.1) is 0 Å². The maximum Gasteiger partial charge on any atom is 0.211 e. The summed E-state index contributed by atoms with van der Waals surface area (Å²) < 4.78 is 26.8. The third-order valence-corrected chi connectivity index (χ3v) is 6.49. The highest BCUT2D eigenvalue weighted by atomic mass is 127. The summed E-state index contributed by atoms with van der Waals surface area (Å²) in [5.74, 6) is 0.202. The van der Waals surface area contributed by atoms with Gasteiger partial charge in [-0.25, -0.2) is 12.7 Å². The molecule has 1 aliphatic heterocycles. The van der Waals surface area contributed by atoms with Crippen LogP contribution in [0, 0.1) is 9.49 Å². The SMILES string of the molecule is CS(=O)(=O)N1CCCC(CC(O)c2cc(I)ccc2Br)C1. The molecule has 118 valence electrons. The molecule has 0 amide bonds. The minimum absolute atomic E-state index is 0.202. The Morgan fingerprint density at radius 1 is 1.52 bits per heavy atom. The normalized spacial score (nSPS) is 22.2. The van der Waals surface area contributed by atoms with Gasteiger partial charge in [0, 0.05) is 21.1 Å². The second-order valence-electron chi connectivity index (χ2n) is 5.55. The number of sulfonamides is 1. The van der Waals surface area contributed by atoms with Gasteiger partial charge in [-0.05, 0) is 71.5 Å². The van der Waals surface area contributed by atoms with Crippen LogP contribution >= 0.6 is 38.5 Å². The molecule has 7 heteroatoms. The third kappa shape index (κ3) is 4.89. The summed E-state index contributed by atoms with van der Waals surface area (Å²) in [6.45, 7) is 1.11. The van der Waals surface area contributed by atoms with Crippen molar-refractivity contribution in [2.24, 2.45) is 5.92 Å². The van der Waals surface area contributed by atoms with Crippen LogP contribution < -0.4 is 0 Å². The standard InChI is InChI=1S/C14H19BrINO3S/c1-21(19,20)17-6-2-3-10(9-17)7-14(18)12-8-11(16)4-5-13(12)15/h4-5,8,10,14,18H,2-3,6-7,9H2,1H3. The Hall–Kier alpha value is 0.300. The zero-order valence-corrected chi connectivity index (χ0v) is 16.4. The number of hydrogen-bond acceptors (Lipinski definition) is 3. The minimum atomic E-state index is -3.13. The van der Waals surface area contributed by atoms with E-state index < -0.39 is 16.1 Å². The number of hydrogen-bond donors (Lipinski definition) is 1. The fourth-order valence-electron chi connectivity index (χ4n) is 2.73. The van der Waals surface area contributed by atoms with E-state index in [9.17, 15) is 13.5 Å². The summed E-state index contributed by atoms with van der Waals surface area (Å²) in [6.07, 6.45) is 3.09. The molecule has 0 radical (unpaired) electrons. The third-order valence-electron chi connectivity index (χ3n) is 3.82. The van der Waals surface area contributed by atoms with Gasteiger partial charge in [-0.3, -0.25) is 0 Å². The first-order valence-corrected chi connectivity index (χ1v) is 10.6. The van der Waals surface area contributed by atoms with Crippen molar-refractivity contribution in [3.05, 3.63) is 31.8 Å². The lowest BCUT2D eigenvalue weighted by Gasteiger charge is -2.32. The number of piperidine rings is 1. The first-order valence-electron chi connectivity index (χ1n) is 6.85. The van der Waals surface area contributed by atoms with Crippen LogP contribution in [-0.2, 0) is 10.0 Å². The molecule has 0 aliphatic carbocycles. The van der Waals surface area contributed by atoms with Crippen molar-refractivity contribution in [1.82, 2.24) is 4.31 Å². The number of rotatable bonds is 4. The Labute approximate surface area is 148 Å². The molecule has 1 heterocycles. The highest BCUT2D eigenvalue weighted by Crippen LogP contribution is 2.32. The molecule has 21 heavy (non-hydrogen) atoms. The summed E-state index contributed by atoms with van der Waals surface area (Å²) in [5.41, 5.74) is 0.873. The zero-order chi connectivity index (χ0) is 15.6. The maximum atomic E-state index is 11.6. The minimum Gasteiger partial charge on any atom is -0.388 e. The molecule has 2 unspecified atom stereocenters. The molecule has 0 aromatic heterocycles. The highest BCUT2D eigenvalue weighted by Gasteiger charge is 2.28. The molecule has 0 spiro atoms. The van der Waals surface area contributed by atoms with E-state index in [0.717, 1.165) is 26.4 Å². The summed E-state index contributed by atoms with van der Waals surface area (Å²) in [6, 6.07) is 5.88. The lowest BCUT2D eigenvalue weighted by Crippen LogP contribution is -2.39. The Morgan fingerprint density at radius 3 is 2.90 bits per heavy atom. The molecule has 1 aliphatic rings. The molecular formula is C14H19BrINO3S. The highest BCUT2D eigenvalue weighted by molar-refractivity contribution is 14.1. The Morgan fingerprint density at radius 2 is 2.24 bits per heavy atom. The van der Waals surface area contributed by atoms with Crippen molar-refractivity contribution in [2.45, 2.75) is 25.4 Å². The summed E-state index contributed by atoms with van der Waals surface area (Å²) in [5, 5.41) is 10.5. The number of aliphatic hydroxyl groups is 1. The van der Waals surface area contributed by atoms with Crippen LogP contribution in [-0.4, -0.2) is 37.2 Å². The molecule has 1 fully saturated rings. The molecule has 1 N–H and O–H groups in total. The van der Waals surface area contributed by atoms with Crippen molar-refractivity contribution in [1.29, 1.82) is 0 Å². The van der Waals surface area contributed by atoms with Gasteiger partial charge in [-0.1, -0.05) is 15.9 Å². The second-order valence-corrected chi connectivity index (χ2v) is 9.63.